The Balaban J connectivity index is 0.000000221. The van der Waals surface area contributed by atoms with Gasteiger partial charge >= 0.3 is 24.1 Å². The zero-order valence-corrected chi connectivity index (χ0v) is 45.6. The van der Waals surface area contributed by atoms with Crippen LogP contribution in [-0.2, 0) is 45.1 Å². The number of rotatable bonds is 16. The van der Waals surface area contributed by atoms with Crippen LogP contribution in [0.4, 0.5) is 9.59 Å². The quantitative estimate of drug-likeness (QED) is 0.120. The van der Waals surface area contributed by atoms with Gasteiger partial charge in [0.25, 0.3) is 0 Å². The summed E-state index contributed by atoms with van der Waals surface area (Å²) in [5.74, 6) is -0.730. The summed E-state index contributed by atoms with van der Waals surface area (Å²) in [6.45, 7) is 14.8. The first-order chi connectivity index (χ1) is 36.2. The van der Waals surface area contributed by atoms with E-state index in [0.29, 0.717) is 73.6 Å². The van der Waals surface area contributed by atoms with Crippen molar-refractivity contribution >= 4 is 59.5 Å². The molecule has 4 saturated heterocycles. The monoisotopic (exact) mass is 1080 g/mol. The highest BCUT2D eigenvalue weighted by molar-refractivity contribution is 8.01. The summed E-state index contributed by atoms with van der Waals surface area (Å²) in [6.07, 6.45) is 6.39. The fourth-order valence-corrected chi connectivity index (χ4v) is 11.7. The second-order valence-corrected chi connectivity index (χ2v) is 23.8. The zero-order chi connectivity index (χ0) is 54.6. The second kappa shape index (κ2) is 26.2. The second-order valence-electron chi connectivity index (χ2n) is 20.6. The van der Waals surface area contributed by atoms with Gasteiger partial charge < -0.3 is 49.9 Å². The van der Waals surface area contributed by atoms with E-state index < -0.39 is 48.3 Å². The van der Waals surface area contributed by atoms with Crippen molar-refractivity contribution in [3.8, 4) is 11.5 Å². The van der Waals surface area contributed by atoms with E-state index in [1.54, 1.807) is 107 Å². The van der Waals surface area contributed by atoms with Gasteiger partial charge in [0.05, 0.1) is 0 Å². The van der Waals surface area contributed by atoms with E-state index in [1.807, 2.05) is 66.1 Å². The molecule has 22 heteroatoms. The van der Waals surface area contributed by atoms with Crippen LogP contribution in [0.5, 0.6) is 11.5 Å². The van der Waals surface area contributed by atoms with Crippen LogP contribution >= 0.6 is 23.5 Å². The first kappa shape index (κ1) is 57.4. The van der Waals surface area contributed by atoms with Crippen molar-refractivity contribution in [3.05, 3.63) is 120 Å². The third-order valence-corrected chi connectivity index (χ3v) is 16.7. The fraction of sp³-hybridized carbons (Fsp3) is 0.481. The lowest BCUT2D eigenvalue weighted by atomic mass is 9.99. The average molecular weight is 1080 g/mol. The number of pyridine rings is 2. The first-order valence-electron chi connectivity index (χ1n) is 25.3. The number of hydrogen-bond donors (Lipinski definition) is 4. The predicted octanol–water partition coefficient (Wildman–Crippen LogP) is 4.59. The van der Waals surface area contributed by atoms with Gasteiger partial charge in [-0.15, -0.1) is 23.5 Å². The molecule has 4 aromatic rings. The van der Waals surface area contributed by atoms with Crippen LogP contribution in [0.25, 0.3) is 0 Å². The largest absolute Gasteiger partial charge is 0.480 e. The molecule has 4 amide bonds. The number of benzene rings is 2. The summed E-state index contributed by atoms with van der Waals surface area (Å²) in [5.41, 5.74) is 3.41. The van der Waals surface area contributed by atoms with E-state index in [1.165, 1.54) is 0 Å². The average Bonchev–Trinajstić information content (AvgIpc) is 3.87. The highest BCUT2D eigenvalue weighted by atomic mass is 32.2. The number of carbonyl (C=O) groups excluding carboxylic acids is 4. The van der Waals surface area contributed by atoms with Gasteiger partial charge in [-0.2, -0.15) is 0 Å². The molecule has 0 spiro atoms. The summed E-state index contributed by atoms with van der Waals surface area (Å²) in [6, 6.07) is 17.9. The van der Waals surface area contributed by atoms with E-state index >= 15 is 0 Å². The summed E-state index contributed by atoms with van der Waals surface area (Å²) >= 11 is 3.34. The number of aliphatic carboxylic acids is 2. The summed E-state index contributed by atoms with van der Waals surface area (Å²) in [5, 5.41) is 25.3. The van der Waals surface area contributed by atoms with E-state index in [4.69, 9.17) is 9.47 Å². The molecular formula is C54H70N10O10S2. The fourth-order valence-electron chi connectivity index (χ4n) is 9.44. The van der Waals surface area contributed by atoms with Crippen molar-refractivity contribution < 1.29 is 48.5 Å². The molecular weight excluding hydrogens is 1010 g/mol. The molecule has 6 heterocycles. The molecule has 0 radical (unpaired) electrons. The van der Waals surface area contributed by atoms with Gasteiger partial charge in [-0.05, 0) is 100 Å². The lowest BCUT2D eigenvalue weighted by Crippen LogP contribution is -2.55. The number of aromatic nitrogens is 2. The molecule has 408 valence electrons. The number of nitrogens with zero attached hydrogens (tertiary/aromatic N) is 8. The van der Waals surface area contributed by atoms with E-state index in [2.05, 4.69) is 40.2 Å². The minimum Gasteiger partial charge on any atom is -0.480 e. The Morgan fingerprint density at radius 1 is 0.566 bits per heavy atom. The molecule has 2 aromatic carbocycles. The van der Waals surface area contributed by atoms with E-state index in [0.717, 1.165) is 37.3 Å². The SMILES string of the molecule is CN1CCN(C(=O)Oc2ccc(C[C@H](NC(=O)[C@H]3N(Cc4cccnc4)CSC3(C)C)C(=O)O)cc2)CC1.CN1CCN(C(=O)Oc2ccc(C[C@H](NC(=O)[C@H]3N(Cc4cccnc4)CSC3(C)C)C(=O)O)cc2)CC1. The Morgan fingerprint density at radius 2 is 0.921 bits per heavy atom. The minimum atomic E-state index is -1.11. The number of nitrogens with one attached hydrogen (secondary N) is 2. The number of amides is 4. The Labute approximate surface area is 452 Å². The number of thioether (sulfide) groups is 2. The summed E-state index contributed by atoms with van der Waals surface area (Å²) in [7, 11) is 4.03. The van der Waals surface area contributed by atoms with Crippen LogP contribution in [-0.4, -0.2) is 197 Å². The highest BCUT2D eigenvalue weighted by Crippen LogP contribution is 2.41. The van der Waals surface area contributed by atoms with Crippen molar-refractivity contribution in [3.63, 3.8) is 0 Å². The van der Waals surface area contributed by atoms with E-state index in [-0.39, 0.29) is 34.2 Å². The van der Waals surface area contributed by atoms with Gasteiger partial charge in [-0.25, -0.2) is 19.2 Å². The van der Waals surface area contributed by atoms with E-state index in [9.17, 15) is 39.0 Å². The molecule has 0 unspecified atom stereocenters. The molecule has 4 aliphatic rings. The Morgan fingerprint density at radius 3 is 1.24 bits per heavy atom. The molecule has 4 fully saturated rings. The maximum Gasteiger partial charge on any atom is 0.415 e. The number of ether oxygens (including phenoxy) is 2. The van der Waals surface area contributed by atoms with Crippen molar-refractivity contribution in [1.82, 2.24) is 50.0 Å². The number of piperazine rings is 2. The maximum atomic E-state index is 13.4. The third kappa shape index (κ3) is 15.9. The molecule has 8 rings (SSSR count). The van der Waals surface area contributed by atoms with Gasteiger partial charge in [0.15, 0.2) is 0 Å². The number of carboxylic acid groups (broad SMARTS) is 2. The van der Waals surface area contributed by atoms with Gasteiger partial charge in [0.2, 0.25) is 11.8 Å². The smallest absolute Gasteiger partial charge is 0.415 e. The Kier molecular flexibility index (Phi) is 19.8. The van der Waals surface area contributed by atoms with Crippen LogP contribution in [0.2, 0.25) is 0 Å². The predicted molar refractivity (Wildman–Crippen MR) is 290 cm³/mol. The van der Waals surface area contributed by atoms with Crippen LogP contribution in [0.3, 0.4) is 0 Å². The van der Waals surface area contributed by atoms with Crippen LogP contribution in [0.15, 0.2) is 97.6 Å². The normalized spacial score (nSPS) is 20.6. The third-order valence-electron chi connectivity index (χ3n) is 13.9. The molecule has 0 bridgehead atoms. The van der Waals surface area contributed by atoms with Crippen molar-refractivity contribution in [2.24, 2.45) is 0 Å². The standard InChI is InChI=1S/2C27H35N5O5S/c2*1-27(2)23(32(18-38-27)17-20-5-4-10-28-16-20)24(33)29-22(25(34)35)15-19-6-8-21(9-7-19)37-26(36)31-13-11-30(3)12-14-31/h2*4-10,16,22-23H,11-15,17-18H2,1-3H3,(H,29,33)(H,34,35)/t2*22-,23+/m00/s1. The summed E-state index contributed by atoms with van der Waals surface area (Å²) < 4.78 is 10.2. The topological polar surface area (TPSA) is 231 Å². The minimum absolute atomic E-state index is 0.108. The molecule has 0 saturated carbocycles. The van der Waals surface area contributed by atoms with Gasteiger partial charge in [0, 0.05) is 124 Å². The molecule has 4 atom stereocenters. The highest BCUT2D eigenvalue weighted by Gasteiger charge is 2.48. The molecule has 0 aliphatic carbocycles. The molecule has 2 aromatic heterocycles. The zero-order valence-electron chi connectivity index (χ0n) is 44.0. The lowest BCUT2D eigenvalue weighted by Gasteiger charge is -2.31. The molecule has 76 heavy (non-hydrogen) atoms. The first-order valence-corrected chi connectivity index (χ1v) is 27.3. The van der Waals surface area contributed by atoms with Gasteiger partial charge in [0.1, 0.15) is 35.7 Å². The van der Waals surface area contributed by atoms with Crippen molar-refractivity contribution in [2.45, 2.75) is 87.3 Å². The molecule has 4 N–H and O–H groups in total. The molecule has 20 nitrogen and oxygen atoms in total. The summed E-state index contributed by atoms with van der Waals surface area (Å²) in [4.78, 5) is 95.9. The number of hydrogen-bond acceptors (Lipinski definition) is 16. The van der Waals surface area contributed by atoms with Gasteiger partial charge in [-0.3, -0.25) is 29.4 Å². The van der Waals surface area contributed by atoms with Crippen LogP contribution in [0.1, 0.15) is 49.9 Å². The van der Waals surface area contributed by atoms with Crippen LogP contribution in [0, 0.1) is 0 Å². The van der Waals surface area contributed by atoms with Gasteiger partial charge in [-0.1, -0.05) is 36.4 Å². The molecule has 4 aliphatic heterocycles. The number of carbonyl (C=O) groups is 6. The van der Waals surface area contributed by atoms with Crippen molar-refractivity contribution in [1.29, 1.82) is 0 Å². The van der Waals surface area contributed by atoms with Crippen LogP contribution < -0.4 is 20.1 Å². The maximum absolute atomic E-state index is 13.4. The number of carboxylic acids is 2. The Bertz CT molecular complexity index is 2420. The number of likely N-dealkylation sites (N-methyl/N-ethyl adjacent to an activating group) is 2. The van der Waals surface area contributed by atoms with Crippen molar-refractivity contribution in [2.75, 3.05) is 78.2 Å². The lowest BCUT2D eigenvalue weighted by molar-refractivity contribution is -0.143. The Hall–Kier alpha value is -6.30.